The number of thiol groups is 1. The number of nitrogens with zero attached hydrogens (tertiary/aromatic N) is 1. The van der Waals surface area contributed by atoms with Crippen LogP contribution in [0.5, 0.6) is 11.5 Å². The molecular weight excluding hydrogens is 418 g/mol. The van der Waals surface area contributed by atoms with Crippen LogP contribution in [-0.4, -0.2) is 34.2 Å². The monoisotopic (exact) mass is 451 g/mol. The molecule has 0 spiro atoms. The van der Waals surface area contributed by atoms with E-state index in [0.717, 1.165) is 43.9 Å². The number of hydrogen-bond donors (Lipinski definition) is 1. The summed E-state index contributed by atoms with van der Waals surface area (Å²) in [5.74, 6) is 1.82. The second-order valence-electron chi connectivity index (χ2n) is 8.73. The van der Waals surface area contributed by atoms with Crippen LogP contribution in [-0.2, 0) is 36.1 Å². The number of ether oxygens (including phenoxy) is 2. The van der Waals surface area contributed by atoms with Gasteiger partial charge in [0.15, 0.2) is 0 Å². The lowest BCUT2D eigenvalue weighted by Crippen LogP contribution is -2.38. The fourth-order valence-electron chi connectivity index (χ4n) is 3.97. The molecule has 0 N–H and O–H groups in total. The summed E-state index contributed by atoms with van der Waals surface area (Å²) in [7, 11) is -2.19. The number of aryl methyl sites for hydroxylation is 1. The molecule has 3 aromatic carbocycles. The van der Waals surface area contributed by atoms with Crippen molar-refractivity contribution < 1.29 is 13.7 Å². The van der Waals surface area contributed by atoms with E-state index >= 15 is 0 Å². The van der Waals surface area contributed by atoms with E-state index in [0.29, 0.717) is 13.2 Å². The third-order valence-electron chi connectivity index (χ3n) is 5.90. The van der Waals surface area contributed by atoms with Gasteiger partial charge in [0.05, 0.1) is 6.61 Å². The summed E-state index contributed by atoms with van der Waals surface area (Å²) < 4.78 is 26.3. The van der Waals surface area contributed by atoms with Crippen molar-refractivity contribution in [1.29, 1.82) is 0 Å². The fraction of sp³-hybridized carbons (Fsp3) is 0.333. The van der Waals surface area contributed by atoms with Gasteiger partial charge in [-0.3, -0.25) is 4.21 Å². The van der Waals surface area contributed by atoms with E-state index in [1.165, 1.54) is 22.3 Å². The van der Waals surface area contributed by atoms with Gasteiger partial charge in [-0.2, -0.15) is 0 Å². The summed E-state index contributed by atoms with van der Waals surface area (Å²) in [6, 6.07) is 24.9. The van der Waals surface area contributed by atoms with Crippen LogP contribution in [0.1, 0.15) is 28.7 Å². The zero-order valence-electron chi connectivity index (χ0n) is 19.0. The van der Waals surface area contributed by atoms with Crippen LogP contribution in [0.25, 0.3) is 0 Å². The Bertz CT molecular complexity index is 1060. The van der Waals surface area contributed by atoms with Gasteiger partial charge in [-0.05, 0) is 65.8 Å². The highest BCUT2D eigenvalue weighted by Crippen LogP contribution is 2.26. The first kappa shape index (κ1) is 22.6. The molecule has 32 heavy (non-hydrogen) atoms. The summed E-state index contributed by atoms with van der Waals surface area (Å²) >= 11 is 0. The van der Waals surface area contributed by atoms with E-state index in [-0.39, 0.29) is 0 Å². The highest BCUT2D eigenvalue weighted by Gasteiger charge is 2.21. The highest BCUT2D eigenvalue weighted by molar-refractivity contribution is 7.99. The van der Waals surface area contributed by atoms with Crippen LogP contribution in [0, 0.1) is 0 Å². The lowest BCUT2D eigenvalue weighted by Gasteiger charge is -2.34. The predicted molar refractivity (Wildman–Crippen MR) is 133 cm³/mol. The van der Waals surface area contributed by atoms with Gasteiger partial charge in [0.1, 0.15) is 18.1 Å². The quantitative estimate of drug-likeness (QED) is 0.374. The van der Waals surface area contributed by atoms with Gasteiger partial charge >= 0.3 is 0 Å². The van der Waals surface area contributed by atoms with Crippen LogP contribution >= 0.6 is 0 Å². The molecule has 170 valence electrons. The molecule has 0 amide bonds. The van der Waals surface area contributed by atoms with Gasteiger partial charge < -0.3 is 9.47 Å². The summed E-state index contributed by atoms with van der Waals surface area (Å²) in [6.07, 6.45) is 6.56. The van der Waals surface area contributed by atoms with E-state index in [1.54, 1.807) is 0 Å². The molecule has 1 aliphatic rings. The molecule has 4 nitrogen and oxygen atoms in total. The molecule has 0 atom stereocenters. The molecule has 0 saturated heterocycles. The molecule has 0 fully saturated rings. The first-order chi connectivity index (χ1) is 15.5. The molecule has 0 unspecified atom stereocenters. The Balaban J connectivity index is 1.20. The summed E-state index contributed by atoms with van der Waals surface area (Å²) in [6.45, 7) is 2.90. The van der Waals surface area contributed by atoms with E-state index in [2.05, 4.69) is 40.7 Å². The van der Waals surface area contributed by atoms with Crippen molar-refractivity contribution in [2.24, 2.45) is 0 Å². The SMILES string of the molecule is C[SH](C)(=O)N1CCc2cc(OCCCc3ccc(OCc4ccccc4)cc3)ccc2C1. The van der Waals surface area contributed by atoms with Gasteiger partial charge in [0.25, 0.3) is 0 Å². The van der Waals surface area contributed by atoms with E-state index < -0.39 is 10.1 Å². The molecule has 4 rings (SSSR count). The molecule has 0 saturated carbocycles. The molecule has 1 aliphatic heterocycles. The molecule has 1 heterocycles. The second-order valence-corrected chi connectivity index (χ2v) is 11.9. The van der Waals surface area contributed by atoms with Gasteiger partial charge in [-0.15, -0.1) is 0 Å². The van der Waals surface area contributed by atoms with Crippen molar-refractivity contribution in [2.75, 3.05) is 25.7 Å². The smallest absolute Gasteiger partial charge is 0.119 e. The Hall–Kier alpha value is -2.63. The number of rotatable bonds is 9. The third kappa shape index (κ3) is 6.21. The van der Waals surface area contributed by atoms with Crippen molar-refractivity contribution >= 4 is 10.1 Å². The summed E-state index contributed by atoms with van der Waals surface area (Å²) in [5, 5.41) is 0. The molecule has 0 aliphatic carbocycles. The Labute approximate surface area is 192 Å². The van der Waals surface area contributed by atoms with Gasteiger partial charge in [0, 0.05) is 25.6 Å². The minimum absolute atomic E-state index is 0.586. The minimum Gasteiger partial charge on any atom is -0.494 e. The molecule has 0 radical (unpaired) electrons. The van der Waals surface area contributed by atoms with Crippen molar-refractivity contribution in [3.8, 4) is 11.5 Å². The molecule has 3 aromatic rings. The van der Waals surface area contributed by atoms with Gasteiger partial charge in [-0.25, -0.2) is 4.31 Å². The molecule has 5 heteroatoms. The fourth-order valence-corrected chi connectivity index (χ4v) is 5.05. The maximum atomic E-state index is 12.3. The first-order valence-electron chi connectivity index (χ1n) is 11.3. The van der Waals surface area contributed by atoms with Crippen molar-refractivity contribution in [3.05, 3.63) is 95.1 Å². The average molecular weight is 452 g/mol. The van der Waals surface area contributed by atoms with Gasteiger partial charge in [-0.1, -0.05) is 58.6 Å². The molecular formula is C27H33NO3S. The largest absolute Gasteiger partial charge is 0.494 e. The lowest BCUT2D eigenvalue weighted by molar-refractivity contribution is 0.305. The normalized spacial score (nSPS) is 14.6. The minimum atomic E-state index is -2.19. The van der Waals surface area contributed by atoms with Crippen LogP contribution in [0.4, 0.5) is 0 Å². The maximum Gasteiger partial charge on any atom is 0.119 e. The number of fused-ring (bicyclic) bond motifs is 1. The van der Waals surface area contributed by atoms with Crippen LogP contribution in [0.15, 0.2) is 72.8 Å². The second kappa shape index (κ2) is 10.3. The third-order valence-corrected chi connectivity index (χ3v) is 7.60. The Morgan fingerprint density at radius 3 is 2.34 bits per heavy atom. The van der Waals surface area contributed by atoms with Crippen LogP contribution in [0.3, 0.4) is 0 Å². The average Bonchev–Trinajstić information content (AvgIpc) is 2.81. The van der Waals surface area contributed by atoms with E-state index in [1.807, 2.05) is 48.9 Å². The Morgan fingerprint density at radius 1 is 0.844 bits per heavy atom. The zero-order valence-corrected chi connectivity index (χ0v) is 19.9. The lowest BCUT2D eigenvalue weighted by atomic mass is 10.0. The van der Waals surface area contributed by atoms with Crippen molar-refractivity contribution in [3.63, 3.8) is 0 Å². The zero-order chi connectivity index (χ0) is 22.4. The van der Waals surface area contributed by atoms with Crippen LogP contribution in [0.2, 0.25) is 0 Å². The Kier molecular flexibility index (Phi) is 7.28. The number of benzene rings is 3. The van der Waals surface area contributed by atoms with E-state index in [9.17, 15) is 4.21 Å². The molecule has 0 aromatic heterocycles. The summed E-state index contributed by atoms with van der Waals surface area (Å²) in [4.78, 5) is 0. The number of hydrogen-bond acceptors (Lipinski definition) is 3. The van der Waals surface area contributed by atoms with E-state index in [4.69, 9.17) is 9.47 Å². The van der Waals surface area contributed by atoms with Crippen LogP contribution < -0.4 is 9.47 Å². The highest BCUT2D eigenvalue weighted by atomic mass is 32.3. The van der Waals surface area contributed by atoms with Crippen molar-refractivity contribution in [2.45, 2.75) is 32.4 Å². The topological polar surface area (TPSA) is 38.8 Å². The summed E-state index contributed by atoms with van der Waals surface area (Å²) in [5.41, 5.74) is 5.04. The van der Waals surface area contributed by atoms with Gasteiger partial charge in [0.2, 0.25) is 0 Å². The van der Waals surface area contributed by atoms with Crippen molar-refractivity contribution in [1.82, 2.24) is 4.31 Å². The molecule has 0 bridgehead atoms. The predicted octanol–water partition coefficient (Wildman–Crippen LogP) is 4.83. The maximum absolute atomic E-state index is 12.3. The Morgan fingerprint density at radius 2 is 1.59 bits per heavy atom. The standard InChI is InChI=1S/C27H33NO3S/c1-32(2,29)28-17-16-24-19-27(15-12-25(24)20-28)30-18-6-9-22-10-13-26(14-11-22)31-21-23-7-4-3-5-8-23/h3-5,7-8,10-15,19,32H,6,9,16-18,20-21H2,1-2H3. The first-order valence-corrected chi connectivity index (χ1v) is 13.8.